The summed E-state index contributed by atoms with van der Waals surface area (Å²) in [5.74, 6) is 1.16. The third kappa shape index (κ3) is 4.50. The molecule has 0 spiro atoms. The molecule has 0 aromatic heterocycles. The molecule has 2 amide bonds. The number of nitrogens with zero attached hydrogens (tertiary/aromatic N) is 1. The van der Waals surface area contributed by atoms with Crippen molar-refractivity contribution in [3.63, 3.8) is 0 Å². The van der Waals surface area contributed by atoms with Gasteiger partial charge in [0.25, 0.3) is 5.91 Å². The summed E-state index contributed by atoms with van der Waals surface area (Å²) < 4.78 is 6.24. The van der Waals surface area contributed by atoms with Crippen LogP contribution < -0.4 is 10.1 Å². The number of para-hydroxylation sites is 1. The molecule has 1 N–H and O–H groups in total. The van der Waals surface area contributed by atoms with Crippen LogP contribution in [0.15, 0.2) is 30.3 Å². The molecule has 2 fully saturated rings. The second-order valence-corrected chi connectivity index (χ2v) is 7.56. The predicted molar refractivity (Wildman–Crippen MR) is 101 cm³/mol. The maximum atomic E-state index is 13.3. The summed E-state index contributed by atoms with van der Waals surface area (Å²) in [5.41, 5.74) is -0.707. The van der Waals surface area contributed by atoms with E-state index in [4.69, 9.17) is 16.3 Å². The van der Waals surface area contributed by atoms with E-state index in [0.717, 1.165) is 57.4 Å². The summed E-state index contributed by atoms with van der Waals surface area (Å²) in [6, 6.07) is 9.65. The zero-order valence-corrected chi connectivity index (χ0v) is 15.8. The van der Waals surface area contributed by atoms with Gasteiger partial charge in [-0.3, -0.25) is 9.59 Å². The minimum Gasteiger partial charge on any atom is -0.477 e. The second-order valence-electron chi connectivity index (χ2n) is 7.29. The van der Waals surface area contributed by atoms with Crippen LogP contribution in [-0.2, 0) is 9.59 Å². The molecule has 1 aliphatic heterocycles. The van der Waals surface area contributed by atoms with Gasteiger partial charge in [-0.25, -0.2) is 0 Å². The van der Waals surface area contributed by atoms with E-state index in [-0.39, 0.29) is 17.7 Å². The van der Waals surface area contributed by atoms with Gasteiger partial charge >= 0.3 is 0 Å². The van der Waals surface area contributed by atoms with E-state index in [0.29, 0.717) is 12.5 Å². The molecule has 1 saturated carbocycles. The first-order valence-electron chi connectivity index (χ1n) is 9.49. The Balaban J connectivity index is 1.58. The molecule has 0 radical (unpaired) electrons. The lowest BCUT2D eigenvalue weighted by atomic mass is 9.93. The highest BCUT2D eigenvalue weighted by atomic mass is 35.5. The van der Waals surface area contributed by atoms with E-state index in [9.17, 15) is 9.59 Å². The van der Waals surface area contributed by atoms with Crippen LogP contribution in [0.5, 0.6) is 5.75 Å². The number of rotatable bonds is 6. The van der Waals surface area contributed by atoms with Crippen molar-refractivity contribution in [3.8, 4) is 5.75 Å². The number of hydrogen-bond acceptors (Lipinski definition) is 3. The second kappa shape index (κ2) is 8.76. The fourth-order valence-electron chi connectivity index (χ4n) is 3.95. The molecule has 0 atom stereocenters. The first-order valence-corrected chi connectivity index (χ1v) is 10.0. The first kappa shape index (κ1) is 19.0. The van der Waals surface area contributed by atoms with Crippen molar-refractivity contribution in [2.24, 2.45) is 5.92 Å². The fourth-order valence-corrected chi connectivity index (χ4v) is 4.05. The summed E-state index contributed by atoms with van der Waals surface area (Å²) in [6.07, 6.45) is 5.42. The highest BCUT2D eigenvalue weighted by Crippen LogP contribution is 2.37. The van der Waals surface area contributed by atoms with Crippen LogP contribution in [-0.4, -0.2) is 47.8 Å². The monoisotopic (exact) mass is 378 g/mol. The van der Waals surface area contributed by atoms with Crippen molar-refractivity contribution >= 4 is 23.4 Å². The molecule has 26 heavy (non-hydrogen) atoms. The Bertz CT molecular complexity index is 609. The third-order valence-electron chi connectivity index (χ3n) is 5.47. The van der Waals surface area contributed by atoms with Gasteiger partial charge in [-0.1, -0.05) is 18.2 Å². The van der Waals surface area contributed by atoms with Gasteiger partial charge in [-0.15, -0.1) is 11.6 Å². The number of carbonyl (C=O) groups excluding carboxylic acids is 2. The van der Waals surface area contributed by atoms with E-state index in [1.54, 1.807) is 0 Å². The number of piperidine rings is 1. The van der Waals surface area contributed by atoms with Gasteiger partial charge < -0.3 is 15.0 Å². The van der Waals surface area contributed by atoms with Crippen molar-refractivity contribution in [2.45, 2.75) is 44.1 Å². The van der Waals surface area contributed by atoms with Gasteiger partial charge in [0.2, 0.25) is 5.91 Å². The first-order chi connectivity index (χ1) is 12.6. The maximum Gasteiger partial charge on any atom is 0.266 e. The highest BCUT2D eigenvalue weighted by Gasteiger charge is 2.46. The largest absolute Gasteiger partial charge is 0.477 e. The molecule has 6 heteroatoms. The van der Waals surface area contributed by atoms with Crippen LogP contribution in [0.4, 0.5) is 0 Å². The van der Waals surface area contributed by atoms with Gasteiger partial charge in [-0.05, 0) is 56.6 Å². The number of likely N-dealkylation sites (tertiary alicyclic amines) is 1. The Morgan fingerprint density at radius 2 is 1.81 bits per heavy atom. The number of alkyl halides is 1. The molecule has 3 rings (SSSR count). The maximum absolute atomic E-state index is 13.3. The SMILES string of the molecule is O=C(CCl)NCC1CCN(C(=O)C2(Oc3ccccc3)CCCC2)CC1. The van der Waals surface area contributed by atoms with Crippen molar-refractivity contribution < 1.29 is 14.3 Å². The quantitative estimate of drug-likeness (QED) is 0.774. The highest BCUT2D eigenvalue weighted by molar-refractivity contribution is 6.27. The van der Waals surface area contributed by atoms with Crippen LogP contribution >= 0.6 is 11.6 Å². The van der Waals surface area contributed by atoms with Gasteiger partial charge in [0.15, 0.2) is 5.60 Å². The van der Waals surface area contributed by atoms with E-state index in [2.05, 4.69) is 5.32 Å². The fraction of sp³-hybridized carbons (Fsp3) is 0.600. The van der Waals surface area contributed by atoms with Crippen LogP contribution in [0, 0.1) is 5.92 Å². The molecular weight excluding hydrogens is 352 g/mol. The third-order valence-corrected chi connectivity index (χ3v) is 5.71. The van der Waals surface area contributed by atoms with E-state index in [1.165, 1.54) is 0 Å². The number of hydrogen-bond donors (Lipinski definition) is 1. The molecular formula is C20H27ClN2O3. The minimum atomic E-state index is -0.707. The molecule has 5 nitrogen and oxygen atoms in total. The number of nitrogens with one attached hydrogen (secondary N) is 1. The van der Waals surface area contributed by atoms with Crippen LogP contribution in [0.25, 0.3) is 0 Å². The molecule has 1 heterocycles. The smallest absolute Gasteiger partial charge is 0.266 e. The van der Waals surface area contributed by atoms with Crippen molar-refractivity contribution in [3.05, 3.63) is 30.3 Å². The Kier molecular flexibility index (Phi) is 6.41. The predicted octanol–water partition coefficient (Wildman–Crippen LogP) is 2.97. The van der Waals surface area contributed by atoms with Crippen molar-refractivity contribution in [1.29, 1.82) is 0 Å². The summed E-state index contributed by atoms with van der Waals surface area (Å²) in [6.45, 7) is 2.08. The van der Waals surface area contributed by atoms with E-state index in [1.807, 2.05) is 35.2 Å². The van der Waals surface area contributed by atoms with Gasteiger partial charge in [0, 0.05) is 19.6 Å². The average molecular weight is 379 g/mol. The molecule has 1 aromatic carbocycles. The number of amides is 2. The number of ether oxygens (including phenoxy) is 1. The van der Waals surface area contributed by atoms with E-state index < -0.39 is 5.60 Å². The molecule has 0 bridgehead atoms. The van der Waals surface area contributed by atoms with Crippen LogP contribution in [0.3, 0.4) is 0 Å². The normalized spacial score (nSPS) is 20.0. The average Bonchev–Trinajstić information content (AvgIpc) is 3.16. The number of benzene rings is 1. The van der Waals surface area contributed by atoms with E-state index >= 15 is 0 Å². The van der Waals surface area contributed by atoms with Gasteiger partial charge in [-0.2, -0.15) is 0 Å². The molecule has 2 aliphatic rings. The Morgan fingerprint density at radius 3 is 2.42 bits per heavy atom. The zero-order chi connectivity index (χ0) is 18.4. The standard InChI is InChI=1S/C20H27ClN2O3/c21-14-18(24)22-15-16-8-12-23(13-9-16)19(25)20(10-4-5-11-20)26-17-6-2-1-3-7-17/h1-3,6-7,16H,4-5,8-15H2,(H,22,24). The lowest BCUT2D eigenvalue weighted by Crippen LogP contribution is -2.53. The Labute approximate surface area is 160 Å². The van der Waals surface area contributed by atoms with Crippen LogP contribution in [0.2, 0.25) is 0 Å². The molecule has 1 aliphatic carbocycles. The van der Waals surface area contributed by atoms with Crippen molar-refractivity contribution in [1.82, 2.24) is 10.2 Å². The molecule has 142 valence electrons. The summed E-state index contributed by atoms with van der Waals surface area (Å²) in [5, 5.41) is 2.84. The zero-order valence-electron chi connectivity index (χ0n) is 15.1. The Morgan fingerprint density at radius 1 is 1.15 bits per heavy atom. The summed E-state index contributed by atoms with van der Waals surface area (Å²) >= 11 is 5.51. The van der Waals surface area contributed by atoms with Gasteiger partial charge in [0.05, 0.1) is 0 Å². The lowest BCUT2D eigenvalue weighted by molar-refractivity contribution is -0.149. The molecule has 0 unspecified atom stereocenters. The number of carbonyl (C=O) groups is 2. The summed E-state index contributed by atoms with van der Waals surface area (Å²) in [4.78, 5) is 26.5. The van der Waals surface area contributed by atoms with Crippen LogP contribution in [0.1, 0.15) is 38.5 Å². The van der Waals surface area contributed by atoms with Gasteiger partial charge in [0.1, 0.15) is 11.6 Å². The Hall–Kier alpha value is -1.75. The topological polar surface area (TPSA) is 58.6 Å². The number of halogens is 1. The molecule has 1 saturated heterocycles. The molecule has 1 aromatic rings. The van der Waals surface area contributed by atoms with Crippen molar-refractivity contribution in [2.75, 3.05) is 25.5 Å². The minimum absolute atomic E-state index is 0.00330. The lowest BCUT2D eigenvalue weighted by Gasteiger charge is -2.38. The summed E-state index contributed by atoms with van der Waals surface area (Å²) in [7, 11) is 0.